The molecule has 2 aromatic carbocycles. The van der Waals surface area contributed by atoms with E-state index in [1.54, 1.807) is 23.5 Å². The van der Waals surface area contributed by atoms with Crippen molar-refractivity contribution in [1.29, 1.82) is 0 Å². The lowest BCUT2D eigenvalue weighted by atomic mass is 9.71. The zero-order valence-electron chi connectivity index (χ0n) is 17.2. The van der Waals surface area contributed by atoms with E-state index in [9.17, 15) is 9.59 Å². The molecule has 1 aliphatic heterocycles. The minimum absolute atomic E-state index is 0.00422. The molecular weight excluding hydrogens is 476 g/mol. The van der Waals surface area contributed by atoms with Gasteiger partial charge < -0.3 is 0 Å². The van der Waals surface area contributed by atoms with Gasteiger partial charge in [-0.3, -0.25) is 9.59 Å². The molecule has 5 heteroatoms. The predicted octanol–water partition coefficient (Wildman–Crippen LogP) is 7.38. The number of hydrogen-bond acceptors (Lipinski definition) is 4. The number of thioether (sulfide) groups is 2. The second-order valence-electron chi connectivity index (χ2n) is 8.46. The largest absolute Gasteiger partial charge is 0.294 e. The first-order chi connectivity index (χ1) is 14.3. The summed E-state index contributed by atoms with van der Waals surface area (Å²) < 4.78 is 1.98. The van der Waals surface area contributed by atoms with E-state index in [4.69, 9.17) is 0 Å². The molecule has 154 valence electrons. The molecule has 1 aliphatic carbocycles. The first-order valence-electron chi connectivity index (χ1n) is 9.88. The van der Waals surface area contributed by atoms with Crippen molar-refractivity contribution in [2.45, 2.75) is 32.6 Å². The molecule has 1 atom stereocenters. The fourth-order valence-corrected chi connectivity index (χ4v) is 6.91. The Morgan fingerprint density at radius 3 is 2.37 bits per heavy atom. The van der Waals surface area contributed by atoms with Crippen molar-refractivity contribution in [2.24, 2.45) is 5.41 Å². The summed E-state index contributed by atoms with van der Waals surface area (Å²) in [6.07, 6.45) is 3.39. The smallest absolute Gasteiger partial charge is 0.191 e. The Morgan fingerprint density at radius 2 is 1.73 bits per heavy atom. The van der Waals surface area contributed by atoms with Crippen molar-refractivity contribution in [1.82, 2.24) is 0 Å². The van der Waals surface area contributed by atoms with Gasteiger partial charge in [-0.2, -0.15) is 0 Å². The van der Waals surface area contributed by atoms with Gasteiger partial charge in [0.05, 0.1) is 4.24 Å². The van der Waals surface area contributed by atoms with Crippen molar-refractivity contribution in [3.63, 3.8) is 0 Å². The Hall–Kier alpha value is -1.56. The standard InChI is InChI=1S/C25H23BrO2S2/c1-25(2)13-18(27)21-19(14-25)30-24(29-3)22(23(28)16-7-5-4-6-8-16)20(21)15-9-11-17(26)12-10-15/h4-12,20H,13-14H2,1-3H3. The third-order valence-electron chi connectivity index (χ3n) is 5.56. The van der Waals surface area contributed by atoms with E-state index in [1.807, 2.05) is 60.9 Å². The highest BCUT2D eigenvalue weighted by molar-refractivity contribution is 9.10. The van der Waals surface area contributed by atoms with Crippen molar-refractivity contribution in [3.05, 3.63) is 90.5 Å². The number of benzene rings is 2. The van der Waals surface area contributed by atoms with Gasteiger partial charge in [0.15, 0.2) is 11.6 Å². The van der Waals surface area contributed by atoms with E-state index in [-0.39, 0.29) is 22.9 Å². The zero-order chi connectivity index (χ0) is 21.5. The van der Waals surface area contributed by atoms with Gasteiger partial charge in [-0.25, -0.2) is 0 Å². The van der Waals surface area contributed by atoms with Crippen LogP contribution in [0.15, 0.2) is 79.4 Å². The van der Waals surface area contributed by atoms with Crippen LogP contribution in [0.25, 0.3) is 0 Å². The van der Waals surface area contributed by atoms with Crippen LogP contribution in [0, 0.1) is 5.41 Å². The van der Waals surface area contributed by atoms with Crippen molar-refractivity contribution < 1.29 is 9.59 Å². The number of halogens is 1. The molecule has 0 saturated heterocycles. The van der Waals surface area contributed by atoms with Gasteiger partial charge >= 0.3 is 0 Å². The third-order valence-corrected chi connectivity index (χ3v) is 8.45. The van der Waals surface area contributed by atoms with Crippen LogP contribution in [0.1, 0.15) is 48.5 Å². The number of ketones is 2. The van der Waals surface area contributed by atoms with Gasteiger partial charge in [0, 0.05) is 33.5 Å². The molecule has 1 unspecified atom stereocenters. The van der Waals surface area contributed by atoms with Gasteiger partial charge in [-0.1, -0.05) is 84.0 Å². The topological polar surface area (TPSA) is 34.1 Å². The highest BCUT2D eigenvalue weighted by Gasteiger charge is 2.43. The van der Waals surface area contributed by atoms with E-state index in [0.717, 1.165) is 36.7 Å². The van der Waals surface area contributed by atoms with Crippen molar-refractivity contribution in [2.75, 3.05) is 6.26 Å². The molecule has 2 aliphatic rings. The maximum atomic E-state index is 13.7. The molecule has 0 spiro atoms. The second-order valence-corrected chi connectivity index (χ2v) is 11.6. The Bertz CT molecular complexity index is 1070. The lowest BCUT2D eigenvalue weighted by Crippen LogP contribution is -2.31. The summed E-state index contributed by atoms with van der Waals surface area (Å²) in [4.78, 5) is 28.2. The monoisotopic (exact) mass is 498 g/mol. The number of allylic oxidation sites excluding steroid dienone is 3. The summed E-state index contributed by atoms with van der Waals surface area (Å²) in [7, 11) is 0. The van der Waals surface area contributed by atoms with E-state index < -0.39 is 0 Å². The minimum Gasteiger partial charge on any atom is -0.294 e. The van der Waals surface area contributed by atoms with Crippen LogP contribution < -0.4 is 0 Å². The maximum Gasteiger partial charge on any atom is 0.191 e. The molecule has 0 amide bonds. The normalized spacial score (nSPS) is 20.9. The molecule has 0 bridgehead atoms. The molecule has 1 heterocycles. The fraction of sp³-hybridized carbons (Fsp3) is 0.280. The van der Waals surface area contributed by atoms with Crippen LogP contribution in [0.4, 0.5) is 0 Å². The minimum atomic E-state index is -0.326. The van der Waals surface area contributed by atoms with Crippen LogP contribution in [-0.2, 0) is 4.79 Å². The Labute approximate surface area is 194 Å². The number of rotatable bonds is 4. The molecule has 0 saturated carbocycles. The summed E-state index contributed by atoms with van der Waals surface area (Å²) >= 11 is 6.73. The summed E-state index contributed by atoms with van der Waals surface area (Å²) in [5.41, 5.74) is 3.14. The summed E-state index contributed by atoms with van der Waals surface area (Å²) in [6, 6.07) is 17.4. The van der Waals surface area contributed by atoms with Crippen LogP contribution in [-0.4, -0.2) is 17.8 Å². The molecule has 30 heavy (non-hydrogen) atoms. The summed E-state index contributed by atoms with van der Waals surface area (Å²) in [6.45, 7) is 4.30. The van der Waals surface area contributed by atoms with Gasteiger partial charge in [0.1, 0.15) is 0 Å². The Morgan fingerprint density at radius 1 is 1.07 bits per heavy atom. The molecule has 2 aromatic rings. The number of carbonyl (C=O) groups is 2. The second kappa shape index (κ2) is 8.52. The highest BCUT2D eigenvalue weighted by atomic mass is 79.9. The maximum absolute atomic E-state index is 13.7. The molecule has 0 aromatic heterocycles. The molecule has 2 nitrogen and oxygen atoms in total. The molecule has 0 N–H and O–H groups in total. The van der Waals surface area contributed by atoms with Crippen molar-refractivity contribution >= 4 is 51.0 Å². The van der Waals surface area contributed by atoms with Crippen LogP contribution in [0.3, 0.4) is 0 Å². The van der Waals surface area contributed by atoms with Crippen LogP contribution in [0.2, 0.25) is 0 Å². The predicted molar refractivity (Wildman–Crippen MR) is 131 cm³/mol. The Kier molecular flexibility index (Phi) is 6.16. The molecule has 0 radical (unpaired) electrons. The number of hydrogen-bond donors (Lipinski definition) is 0. The highest BCUT2D eigenvalue weighted by Crippen LogP contribution is 2.56. The summed E-state index contributed by atoms with van der Waals surface area (Å²) in [5.74, 6) is -0.155. The Balaban J connectivity index is 1.92. The lowest BCUT2D eigenvalue weighted by Gasteiger charge is -2.39. The lowest BCUT2D eigenvalue weighted by molar-refractivity contribution is -0.118. The van der Waals surface area contributed by atoms with E-state index in [0.29, 0.717) is 12.0 Å². The van der Waals surface area contributed by atoms with Crippen molar-refractivity contribution in [3.8, 4) is 0 Å². The first kappa shape index (κ1) is 21.7. The number of Topliss-reactive ketones (excluding diaryl/α,β-unsaturated/α-hetero) is 2. The van der Waals surface area contributed by atoms with Gasteiger partial charge in [0.25, 0.3) is 0 Å². The molecule has 4 rings (SSSR count). The average Bonchev–Trinajstić information content (AvgIpc) is 2.72. The molecule has 0 fully saturated rings. The van der Waals surface area contributed by atoms with Crippen LogP contribution in [0.5, 0.6) is 0 Å². The van der Waals surface area contributed by atoms with Crippen LogP contribution >= 0.6 is 39.5 Å². The van der Waals surface area contributed by atoms with E-state index in [2.05, 4.69) is 29.8 Å². The van der Waals surface area contributed by atoms with Gasteiger partial charge in [-0.05, 0) is 40.7 Å². The average molecular weight is 499 g/mol. The van der Waals surface area contributed by atoms with E-state index >= 15 is 0 Å². The first-order valence-corrected chi connectivity index (χ1v) is 12.7. The molecular formula is C25H23BrO2S2. The summed E-state index contributed by atoms with van der Waals surface area (Å²) in [5, 5.41) is 0. The third kappa shape index (κ3) is 4.12. The van der Waals surface area contributed by atoms with Gasteiger partial charge in [-0.15, -0.1) is 11.8 Å². The number of carbonyl (C=O) groups excluding carboxylic acids is 2. The van der Waals surface area contributed by atoms with Gasteiger partial charge in [0.2, 0.25) is 0 Å². The SMILES string of the molecule is CSC1=C(C(=O)c2ccccc2)C(c2ccc(Br)cc2)C2=C(CC(C)(C)CC2=O)S1. The quantitative estimate of drug-likeness (QED) is 0.411. The zero-order valence-corrected chi connectivity index (χ0v) is 20.4. The van der Waals surface area contributed by atoms with E-state index in [1.165, 1.54) is 0 Å². The fourth-order valence-electron chi connectivity index (χ4n) is 4.23.